The molecule has 0 saturated carbocycles. The Morgan fingerprint density at radius 2 is 1.57 bits per heavy atom. The molecule has 0 radical (unpaired) electrons. The van der Waals surface area contributed by atoms with Gasteiger partial charge in [-0.2, -0.15) is 0 Å². The first-order valence-corrected chi connectivity index (χ1v) is 8.82. The van der Waals surface area contributed by atoms with Crippen molar-refractivity contribution >= 4 is 11.7 Å². The average molecular weight is 328 g/mol. The molecule has 0 aromatic carbocycles. The van der Waals surface area contributed by atoms with Crippen LogP contribution in [0.3, 0.4) is 0 Å². The van der Waals surface area contributed by atoms with Crippen LogP contribution in [0.25, 0.3) is 0 Å². The summed E-state index contributed by atoms with van der Waals surface area (Å²) in [5.74, 6) is 0.871. The molecule has 0 unspecified atom stereocenters. The topological polar surface area (TPSA) is 55.4 Å². The molecule has 23 heavy (non-hydrogen) atoms. The Balaban J connectivity index is 4.24. The van der Waals surface area contributed by atoms with Crippen LogP contribution in [-0.2, 0) is 14.3 Å². The molecule has 0 aromatic heterocycles. The van der Waals surface area contributed by atoms with Crippen molar-refractivity contribution in [2.24, 2.45) is 17.3 Å². The van der Waals surface area contributed by atoms with E-state index in [1.807, 2.05) is 41.5 Å². The molecule has 0 aromatic rings. The molecule has 4 heteroatoms. The number of hydrogen-bond acceptors (Lipinski definition) is 3. The number of nitrogens with one attached hydrogen (secondary N) is 1. The summed E-state index contributed by atoms with van der Waals surface area (Å²) in [7, 11) is 0. The molecule has 4 nitrogen and oxygen atoms in total. The second kappa shape index (κ2) is 9.41. The lowest BCUT2D eigenvalue weighted by Crippen LogP contribution is -2.40. The predicted molar refractivity (Wildman–Crippen MR) is 95.4 cm³/mol. The quantitative estimate of drug-likeness (QED) is 0.624. The van der Waals surface area contributed by atoms with E-state index in [1.54, 1.807) is 0 Å². The minimum atomic E-state index is -0.446. The van der Waals surface area contributed by atoms with E-state index in [2.05, 4.69) is 19.2 Å². The van der Waals surface area contributed by atoms with Crippen molar-refractivity contribution in [3.05, 3.63) is 0 Å². The fraction of sp³-hybridized carbons (Fsp3) is 0.895. The Labute approximate surface area is 142 Å². The van der Waals surface area contributed by atoms with E-state index in [4.69, 9.17) is 4.74 Å². The number of ether oxygens (including phenoxy) is 1. The van der Waals surface area contributed by atoms with Crippen molar-refractivity contribution < 1.29 is 14.3 Å². The van der Waals surface area contributed by atoms with Crippen LogP contribution in [0.1, 0.15) is 74.7 Å². The first-order chi connectivity index (χ1) is 10.4. The van der Waals surface area contributed by atoms with E-state index in [1.165, 1.54) is 0 Å². The van der Waals surface area contributed by atoms with E-state index in [0.29, 0.717) is 38.3 Å². The van der Waals surface area contributed by atoms with Gasteiger partial charge in [0.15, 0.2) is 0 Å². The maximum Gasteiger partial charge on any atom is 0.225 e. The first-order valence-electron chi connectivity index (χ1n) is 8.82. The highest BCUT2D eigenvalue weighted by Crippen LogP contribution is 2.24. The Kier molecular flexibility index (Phi) is 9.04. The molecule has 0 atom stereocenters. The summed E-state index contributed by atoms with van der Waals surface area (Å²) in [5, 5.41) is 2.98. The summed E-state index contributed by atoms with van der Waals surface area (Å²) in [6, 6.07) is 0. The van der Waals surface area contributed by atoms with E-state index >= 15 is 0 Å². The maximum atomic E-state index is 12.2. The Morgan fingerprint density at radius 3 is 2.04 bits per heavy atom. The molecule has 1 N–H and O–H groups in total. The van der Waals surface area contributed by atoms with Crippen LogP contribution in [0.4, 0.5) is 0 Å². The molecule has 0 bridgehead atoms. The maximum absolute atomic E-state index is 12.2. The highest BCUT2D eigenvalue weighted by atomic mass is 16.5. The fourth-order valence-electron chi connectivity index (χ4n) is 2.02. The molecular weight excluding hydrogens is 290 g/mol. The summed E-state index contributed by atoms with van der Waals surface area (Å²) >= 11 is 0. The summed E-state index contributed by atoms with van der Waals surface area (Å²) in [6.45, 7) is 17.1. The lowest BCUT2D eigenvalue weighted by atomic mass is 9.88. The number of hydrogen-bond donors (Lipinski definition) is 1. The standard InChI is InChI=1S/C19H37NO3/c1-14(2)13-20-17(22)18(5,6)11-12-23-19(7,8)10-9-16(21)15(3)4/h14-15H,9-13H2,1-8H3,(H,20,22). The number of ketones is 1. The number of carbonyl (C=O) groups excluding carboxylic acids is 2. The molecule has 1 amide bonds. The van der Waals surface area contributed by atoms with E-state index in [9.17, 15) is 9.59 Å². The molecule has 136 valence electrons. The number of amides is 1. The smallest absolute Gasteiger partial charge is 0.225 e. The van der Waals surface area contributed by atoms with Crippen molar-refractivity contribution in [1.29, 1.82) is 0 Å². The van der Waals surface area contributed by atoms with E-state index in [0.717, 1.165) is 0 Å². The van der Waals surface area contributed by atoms with E-state index < -0.39 is 5.41 Å². The second-order valence-electron chi connectivity index (χ2n) is 8.47. The van der Waals surface area contributed by atoms with Gasteiger partial charge < -0.3 is 10.1 Å². The molecule has 0 fully saturated rings. The third kappa shape index (κ3) is 9.75. The van der Waals surface area contributed by atoms with Gasteiger partial charge >= 0.3 is 0 Å². The third-order valence-corrected chi connectivity index (χ3v) is 4.12. The Bertz CT molecular complexity index is 384. The largest absolute Gasteiger partial charge is 0.376 e. The Morgan fingerprint density at radius 1 is 1.00 bits per heavy atom. The number of carbonyl (C=O) groups is 2. The van der Waals surface area contributed by atoms with Gasteiger partial charge in [-0.25, -0.2) is 0 Å². The summed E-state index contributed by atoms with van der Waals surface area (Å²) in [5.41, 5.74) is -0.784. The van der Waals surface area contributed by atoms with Gasteiger partial charge in [0.25, 0.3) is 0 Å². The van der Waals surface area contributed by atoms with Crippen LogP contribution in [0.15, 0.2) is 0 Å². The molecular formula is C19H37NO3. The lowest BCUT2D eigenvalue weighted by Gasteiger charge is -2.29. The van der Waals surface area contributed by atoms with Gasteiger partial charge in [-0.05, 0) is 32.6 Å². The van der Waals surface area contributed by atoms with Crippen molar-refractivity contribution in [1.82, 2.24) is 5.32 Å². The molecule has 0 heterocycles. The predicted octanol–water partition coefficient (Wildman–Crippen LogP) is 3.98. The number of rotatable bonds is 11. The SMILES string of the molecule is CC(C)CNC(=O)C(C)(C)CCOC(C)(C)CCC(=O)C(C)C. The molecule has 0 aliphatic heterocycles. The minimum Gasteiger partial charge on any atom is -0.376 e. The third-order valence-electron chi connectivity index (χ3n) is 4.12. The van der Waals surface area contributed by atoms with Crippen molar-refractivity contribution in [2.45, 2.75) is 80.3 Å². The van der Waals surface area contributed by atoms with Crippen LogP contribution in [0.2, 0.25) is 0 Å². The lowest BCUT2D eigenvalue weighted by molar-refractivity contribution is -0.131. The minimum absolute atomic E-state index is 0.0718. The van der Waals surface area contributed by atoms with Gasteiger partial charge in [-0.15, -0.1) is 0 Å². The zero-order valence-corrected chi connectivity index (χ0v) is 16.4. The summed E-state index contributed by atoms with van der Waals surface area (Å²) in [4.78, 5) is 23.9. The molecule has 0 rings (SSSR count). The average Bonchev–Trinajstić information content (AvgIpc) is 2.41. The fourth-order valence-corrected chi connectivity index (χ4v) is 2.02. The summed E-state index contributed by atoms with van der Waals surface area (Å²) < 4.78 is 5.94. The van der Waals surface area contributed by atoms with Crippen molar-refractivity contribution in [3.63, 3.8) is 0 Å². The first kappa shape index (κ1) is 22.1. The molecule has 0 saturated heterocycles. The Hall–Kier alpha value is -0.900. The number of Topliss-reactive ketones (excluding diaryl/α,β-unsaturated/α-hetero) is 1. The van der Waals surface area contributed by atoms with Gasteiger partial charge in [0.05, 0.1) is 5.60 Å². The summed E-state index contributed by atoms with van der Waals surface area (Å²) in [6.07, 6.45) is 1.92. The van der Waals surface area contributed by atoms with Gasteiger partial charge in [-0.1, -0.05) is 41.5 Å². The van der Waals surface area contributed by atoms with Crippen molar-refractivity contribution in [3.8, 4) is 0 Å². The van der Waals surface area contributed by atoms with Gasteiger partial charge in [-0.3, -0.25) is 9.59 Å². The second-order valence-corrected chi connectivity index (χ2v) is 8.47. The monoisotopic (exact) mass is 327 g/mol. The van der Waals surface area contributed by atoms with Crippen LogP contribution in [0.5, 0.6) is 0 Å². The molecule has 0 aliphatic carbocycles. The van der Waals surface area contributed by atoms with Crippen LogP contribution in [0, 0.1) is 17.3 Å². The van der Waals surface area contributed by atoms with Gasteiger partial charge in [0.2, 0.25) is 5.91 Å². The molecule has 0 aliphatic rings. The normalized spacial score (nSPS) is 12.8. The highest BCUT2D eigenvalue weighted by molar-refractivity contribution is 5.81. The van der Waals surface area contributed by atoms with Crippen molar-refractivity contribution in [2.75, 3.05) is 13.2 Å². The van der Waals surface area contributed by atoms with Gasteiger partial charge in [0.1, 0.15) is 5.78 Å². The van der Waals surface area contributed by atoms with Crippen LogP contribution < -0.4 is 5.32 Å². The van der Waals surface area contributed by atoms with Crippen LogP contribution in [-0.4, -0.2) is 30.4 Å². The zero-order valence-electron chi connectivity index (χ0n) is 16.4. The van der Waals surface area contributed by atoms with Gasteiger partial charge in [0, 0.05) is 30.9 Å². The zero-order chi connectivity index (χ0) is 18.3. The van der Waals surface area contributed by atoms with Crippen LogP contribution >= 0.6 is 0 Å². The molecule has 0 spiro atoms. The van der Waals surface area contributed by atoms with E-state index in [-0.39, 0.29) is 23.2 Å². The highest BCUT2D eigenvalue weighted by Gasteiger charge is 2.29.